The molecule has 0 radical (unpaired) electrons. The molecule has 2 heterocycles. The number of amides is 1. The van der Waals surface area contributed by atoms with Crippen molar-refractivity contribution < 1.29 is 9.53 Å². The third-order valence-electron chi connectivity index (χ3n) is 4.61. The van der Waals surface area contributed by atoms with E-state index in [0.29, 0.717) is 26.1 Å². The molecule has 0 aliphatic carbocycles. The van der Waals surface area contributed by atoms with Gasteiger partial charge in [0.2, 0.25) is 5.91 Å². The first-order valence-electron chi connectivity index (χ1n) is 8.30. The third kappa shape index (κ3) is 2.93. The van der Waals surface area contributed by atoms with Gasteiger partial charge in [-0.25, -0.2) is 0 Å². The molecule has 1 aliphatic heterocycles. The molecular formula is C20H20N2O2. The number of rotatable bonds is 3. The minimum atomic E-state index is -0.0353. The molecule has 0 unspecified atom stereocenters. The van der Waals surface area contributed by atoms with Gasteiger partial charge in [-0.05, 0) is 17.2 Å². The first-order chi connectivity index (χ1) is 11.8. The van der Waals surface area contributed by atoms with E-state index in [4.69, 9.17) is 4.74 Å². The average molecular weight is 320 g/mol. The number of para-hydroxylation sites is 1. The molecule has 1 fully saturated rings. The lowest BCUT2D eigenvalue weighted by molar-refractivity contribution is -0.138. The van der Waals surface area contributed by atoms with Crippen LogP contribution in [0.1, 0.15) is 17.2 Å². The number of aromatic amines is 1. The number of ether oxygens (including phenoxy) is 1. The van der Waals surface area contributed by atoms with Crippen LogP contribution in [0, 0.1) is 0 Å². The second kappa shape index (κ2) is 6.49. The van der Waals surface area contributed by atoms with Gasteiger partial charge in [0.05, 0.1) is 19.6 Å². The molecule has 4 rings (SSSR count). The molecule has 4 heteroatoms. The Morgan fingerprint density at radius 1 is 1.12 bits per heavy atom. The van der Waals surface area contributed by atoms with Gasteiger partial charge in [0.1, 0.15) is 6.10 Å². The average Bonchev–Trinajstić information content (AvgIpc) is 3.06. The number of fused-ring (bicyclic) bond motifs is 1. The van der Waals surface area contributed by atoms with E-state index in [-0.39, 0.29) is 12.0 Å². The van der Waals surface area contributed by atoms with Gasteiger partial charge >= 0.3 is 0 Å². The number of nitrogens with zero attached hydrogens (tertiary/aromatic N) is 1. The maximum Gasteiger partial charge on any atom is 0.227 e. The van der Waals surface area contributed by atoms with Crippen LogP contribution in [0.5, 0.6) is 0 Å². The van der Waals surface area contributed by atoms with Crippen LogP contribution in [0.2, 0.25) is 0 Å². The number of carbonyl (C=O) groups is 1. The van der Waals surface area contributed by atoms with Crippen LogP contribution in [-0.4, -0.2) is 35.5 Å². The Bertz CT molecular complexity index is 841. The van der Waals surface area contributed by atoms with E-state index in [9.17, 15) is 4.79 Å². The second-order valence-electron chi connectivity index (χ2n) is 6.15. The Kier molecular flexibility index (Phi) is 4.05. The summed E-state index contributed by atoms with van der Waals surface area (Å²) in [5.41, 5.74) is 3.25. The van der Waals surface area contributed by atoms with E-state index in [2.05, 4.69) is 23.2 Å². The predicted molar refractivity (Wildman–Crippen MR) is 93.7 cm³/mol. The van der Waals surface area contributed by atoms with Gasteiger partial charge in [-0.3, -0.25) is 4.79 Å². The van der Waals surface area contributed by atoms with Crippen LogP contribution in [-0.2, 0) is 16.0 Å². The number of hydrogen-bond acceptors (Lipinski definition) is 2. The largest absolute Gasteiger partial charge is 0.370 e. The monoisotopic (exact) mass is 320 g/mol. The standard InChI is InChI=1S/C20H20N2O2/c23-20(12-16-13-21-18-9-5-4-8-17(16)18)22-10-11-24-19(14-22)15-6-2-1-3-7-15/h1-9,13,19,21H,10-12,14H2/t19-/m0/s1. The number of H-pyrrole nitrogens is 1. The van der Waals surface area contributed by atoms with Gasteiger partial charge in [0.25, 0.3) is 0 Å². The van der Waals surface area contributed by atoms with Crippen molar-refractivity contribution in [3.63, 3.8) is 0 Å². The summed E-state index contributed by atoms with van der Waals surface area (Å²) in [5.74, 6) is 0.156. The van der Waals surface area contributed by atoms with Crippen molar-refractivity contribution in [1.29, 1.82) is 0 Å². The van der Waals surface area contributed by atoms with Crippen LogP contribution in [0.4, 0.5) is 0 Å². The van der Waals surface area contributed by atoms with E-state index in [0.717, 1.165) is 22.0 Å². The summed E-state index contributed by atoms with van der Waals surface area (Å²) in [5, 5.41) is 1.12. The minimum absolute atomic E-state index is 0.0353. The van der Waals surface area contributed by atoms with Crippen molar-refractivity contribution in [1.82, 2.24) is 9.88 Å². The highest BCUT2D eigenvalue weighted by atomic mass is 16.5. The molecule has 3 aromatic rings. The van der Waals surface area contributed by atoms with Gasteiger partial charge in [0.15, 0.2) is 0 Å². The molecule has 24 heavy (non-hydrogen) atoms. The van der Waals surface area contributed by atoms with Gasteiger partial charge in [0, 0.05) is 23.6 Å². The summed E-state index contributed by atoms with van der Waals surface area (Å²) in [6.45, 7) is 1.86. The molecule has 0 saturated carbocycles. The summed E-state index contributed by atoms with van der Waals surface area (Å²) in [6.07, 6.45) is 2.33. The Morgan fingerprint density at radius 2 is 1.92 bits per heavy atom. The topological polar surface area (TPSA) is 45.3 Å². The first kappa shape index (κ1) is 15.0. The van der Waals surface area contributed by atoms with Gasteiger partial charge in [-0.15, -0.1) is 0 Å². The molecule has 4 nitrogen and oxygen atoms in total. The predicted octanol–water partition coefficient (Wildman–Crippen LogP) is 3.31. The molecule has 0 bridgehead atoms. The number of carbonyl (C=O) groups excluding carboxylic acids is 1. The first-order valence-corrected chi connectivity index (χ1v) is 8.30. The number of aromatic nitrogens is 1. The maximum absolute atomic E-state index is 12.7. The van der Waals surface area contributed by atoms with Gasteiger partial charge in [-0.2, -0.15) is 0 Å². The summed E-state index contributed by atoms with van der Waals surface area (Å²) >= 11 is 0. The summed E-state index contributed by atoms with van der Waals surface area (Å²) in [4.78, 5) is 17.9. The quantitative estimate of drug-likeness (QED) is 0.805. The molecule has 2 aromatic carbocycles. The van der Waals surface area contributed by atoms with Crippen molar-refractivity contribution in [3.05, 3.63) is 71.9 Å². The SMILES string of the molecule is O=C(Cc1c[nH]c2ccccc12)N1CCO[C@H](c2ccccc2)C1. The lowest BCUT2D eigenvalue weighted by Gasteiger charge is -2.33. The van der Waals surface area contributed by atoms with Crippen molar-refractivity contribution in [2.75, 3.05) is 19.7 Å². The molecule has 1 saturated heterocycles. The zero-order chi connectivity index (χ0) is 16.4. The Hall–Kier alpha value is -2.59. The van der Waals surface area contributed by atoms with Gasteiger partial charge < -0.3 is 14.6 Å². The van der Waals surface area contributed by atoms with E-state index in [1.165, 1.54) is 0 Å². The summed E-state index contributed by atoms with van der Waals surface area (Å²) in [6, 6.07) is 18.2. The fourth-order valence-corrected chi connectivity index (χ4v) is 3.30. The third-order valence-corrected chi connectivity index (χ3v) is 4.61. The zero-order valence-electron chi connectivity index (χ0n) is 13.4. The van der Waals surface area contributed by atoms with Crippen molar-refractivity contribution in [3.8, 4) is 0 Å². The van der Waals surface area contributed by atoms with Crippen molar-refractivity contribution in [2.45, 2.75) is 12.5 Å². The molecule has 1 aliphatic rings. The highest BCUT2D eigenvalue weighted by Gasteiger charge is 2.25. The number of benzene rings is 2. The van der Waals surface area contributed by atoms with Crippen LogP contribution in [0.15, 0.2) is 60.8 Å². The fraction of sp³-hybridized carbons (Fsp3) is 0.250. The van der Waals surface area contributed by atoms with E-state index >= 15 is 0 Å². The molecule has 0 spiro atoms. The Morgan fingerprint density at radius 3 is 2.79 bits per heavy atom. The van der Waals surface area contributed by atoms with Crippen LogP contribution >= 0.6 is 0 Å². The smallest absolute Gasteiger partial charge is 0.227 e. The molecular weight excluding hydrogens is 300 g/mol. The highest BCUT2D eigenvalue weighted by molar-refractivity contribution is 5.88. The van der Waals surface area contributed by atoms with E-state index in [1.807, 2.05) is 47.5 Å². The summed E-state index contributed by atoms with van der Waals surface area (Å²) in [7, 11) is 0. The maximum atomic E-state index is 12.7. The Labute approximate surface area is 141 Å². The van der Waals surface area contributed by atoms with Gasteiger partial charge in [-0.1, -0.05) is 48.5 Å². The zero-order valence-corrected chi connectivity index (χ0v) is 13.4. The number of nitrogens with one attached hydrogen (secondary N) is 1. The fourth-order valence-electron chi connectivity index (χ4n) is 3.30. The van der Waals surface area contributed by atoms with Crippen LogP contribution < -0.4 is 0 Å². The van der Waals surface area contributed by atoms with E-state index < -0.39 is 0 Å². The lowest BCUT2D eigenvalue weighted by Crippen LogP contribution is -2.42. The molecule has 122 valence electrons. The molecule has 1 aromatic heterocycles. The summed E-state index contributed by atoms with van der Waals surface area (Å²) < 4.78 is 5.85. The van der Waals surface area contributed by atoms with Crippen LogP contribution in [0.25, 0.3) is 10.9 Å². The molecule has 1 atom stereocenters. The van der Waals surface area contributed by atoms with Crippen molar-refractivity contribution in [2.24, 2.45) is 0 Å². The molecule has 1 N–H and O–H groups in total. The minimum Gasteiger partial charge on any atom is -0.370 e. The Balaban J connectivity index is 1.48. The number of morpholine rings is 1. The molecule has 1 amide bonds. The van der Waals surface area contributed by atoms with E-state index in [1.54, 1.807) is 0 Å². The van der Waals surface area contributed by atoms with Crippen LogP contribution in [0.3, 0.4) is 0 Å². The second-order valence-corrected chi connectivity index (χ2v) is 6.15. The van der Waals surface area contributed by atoms with Crippen molar-refractivity contribution >= 4 is 16.8 Å². The highest BCUT2D eigenvalue weighted by Crippen LogP contribution is 2.23. The lowest BCUT2D eigenvalue weighted by atomic mass is 10.1. The normalized spacial score (nSPS) is 18.0. The number of hydrogen-bond donors (Lipinski definition) is 1.